The lowest BCUT2D eigenvalue weighted by Crippen LogP contribution is -2.09. The van der Waals surface area contributed by atoms with Gasteiger partial charge in [-0.05, 0) is 5.92 Å². The largest absolute Gasteiger partial charge is 0.104 e. The van der Waals surface area contributed by atoms with E-state index in [0.717, 1.165) is 0 Å². The minimum Gasteiger partial charge on any atom is -0.104 e. The molecule has 0 saturated carbocycles. The Balaban J connectivity index is 3.65. The molecule has 0 aromatic carbocycles. The molecule has 47 valence electrons. The van der Waals surface area contributed by atoms with Gasteiger partial charge in [-0.2, -0.15) is 0 Å². The predicted octanol–water partition coefficient (Wildman–Crippen LogP) is 2.49. The van der Waals surface area contributed by atoms with Gasteiger partial charge < -0.3 is 0 Å². The number of hydrogen-bond donors (Lipinski definition) is 0. The van der Waals surface area contributed by atoms with Crippen molar-refractivity contribution in [3.05, 3.63) is 11.8 Å². The Morgan fingerprint density at radius 2 is 1.75 bits per heavy atom. The van der Waals surface area contributed by atoms with Crippen LogP contribution >= 0.6 is 0 Å². The van der Waals surface area contributed by atoms with Crippen LogP contribution in [-0.2, 0) is 0 Å². The minimum atomic E-state index is -0.206. The van der Waals surface area contributed by atoms with Crippen molar-refractivity contribution in [3.8, 4) is 0 Å². The summed E-state index contributed by atoms with van der Waals surface area (Å²) in [7, 11) is -0.206. The van der Waals surface area contributed by atoms with E-state index < -0.39 is 0 Å². The molecule has 0 aromatic rings. The summed E-state index contributed by atoms with van der Waals surface area (Å²) < 4.78 is 0. The van der Waals surface area contributed by atoms with Crippen LogP contribution in [0.2, 0.25) is 13.1 Å². The van der Waals surface area contributed by atoms with E-state index in [-0.39, 0.29) is 8.80 Å². The normalized spacial score (nSPS) is 10.8. The first-order chi connectivity index (χ1) is 3.55. The molecule has 1 radical (unpaired) electrons. The zero-order valence-corrected chi connectivity index (χ0v) is 7.28. The molecule has 0 aliphatic rings. The van der Waals surface area contributed by atoms with E-state index in [4.69, 9.17) is 0 Å². The smallest absolute Gasteiger partial charge is 0.0732 e. The lowest BCUT2D eigenvalue weighted by atomic mass is 10.2. The third-order valence-corrected chi connectivity index (χ3v) is 3.20. The van der Waals surface area contributed by atoms with Gasteiger partial charge in [-0.15, -0.1) is 6.58 Å². The van der Waals surface area contributed by atoms with Gasteiger partial charge in [-0.3, -0.25) is 0 Å². The van der Waals surface area contributed by atoms with Gasteiger partial charge in [0, 0.05) is 0 Å². The maximum Gasteiger partial charge on any atom is 0.0732 e. The highest BCUT2D eigenvalue weighted by molar-refractivity contribution is 6.63. The molecule has 0 bridgehead atoms. The lowest BCUT2D eigenvalue weighted by molar-refractivity contribution is 0.811. The van der Waals surface area contributed by atoms with Crippen LogP contribution in [0.4, 0.5) is 0 Å². The molecule has 0 spiro atoms. The second kappa shape index (κ2) is 3.08. The first-order valence-electron chi connectivity index (χ1n) is 3.05. The Morgan fingerprint density at radius 1 is 1.38 bits per heavy atom. The van der Waals surface area contributed by atoms with Crippen LogP contribution in [0.1, 0.15) is 13.8 Å². The van der Waals surface area contributed by atoms with Crippen molar-refractivity contribution in [3.63, 3.8) is 0 Å². The molecule has 0 aromatic heterocycles. The highest BCUT2D eigenvalue weighted by Crippen LogP contribution is 2.09. The molecule has 0 N–H and O–H groups in total. The Morgan fingerprint density at radius 3 is 1.75 bits per heavy atom. The molecule has 0 amide bonds. The highest BCUT2D eigenvalue weighted by Gasteiger charge is 2.04. The fraction of sp³-hybridized carbons (Fsp3) is 0.714. The van der Waals surface area contributed by atoms with Gasteiger partial charge in [0.05, 0.1) is 8.80 Å². The van der Waals surface area contributed by atoms with Crippen molar-refractivity contribution < 1.29 is 0 Å². The number of allylic oxidation sites excluding steroid dienone is 1. The molecule has 0 heterocycles. The number of rotatable bonds is 2. The molecule has 0 saturated heterocycles. The van der Waals surface area contributed by atoms with Crippen molar-refractivity contribution in [2.75, 3.05) is 0 Å². The quantitative estimate of drug-likeness (QED) is 0.500. The van der Waals surface area contributed by atoms with Crippen LogP contribution in [0.3, 0.4) is 0 Å². The van der Waals surface area contributed by atoms with Crippen LogP contribution in [0.15, 0.2) is 11.8 Å². The summed E-state index contributed by atoms with van der Waals surface area (Å²) in [5.74, 6) is 0.693. The van der Waals surface area contributed by atoms with E-state index in [1.807, 2.05) is 0 Å². The van der Waals surface area contributed by atoms with Crippen LogP contribution in [0.5, 0.6) is 0 Å². The van der Waals surface area contributed by atoms with Crippen LogP contribution in [0.25, 0.3) is 0 Å². The second-order valence-corrected chi connectivity index (χ2v) is 5.32. The van der Waals surface area contributed by atoms with Crippen molar-refractivity contribution in [1.29, 1.82) is 0 Å². The monoisotopic (exact) mass is 127 g/mol. The third-order valence-electron chi connectivity index (χ3n) is 1.34. The van der Waals surface area contributed by atoms with Crippen LogP contribution in [-0.4, -0.2) is 8.80 Å². The van der Waals surface area contributed by atoms with E-state index in [0.29, 0.717) is 5.92 Å². The summed E-state index contributed by atoms with van der Waals surface area (Å²) in [6, 6.07) is 0. The molecule has 0 rings (SSSR count). The second-order valence-electron chi connectivity index (χ2n) is 2.68. The Kier molecular flexibility index (Phi) is 3.06. The molecule has 0 unspecified atom stereocenters. The van der Waals surface area contributed by atoms with E-state index in [1.165, 1.54) is 5.20 Å². The zero-order chi connectivity index (χ0) is 6.73. The summed E-state index contributed by atoms with van der Waals surface area (Å²) in [6.45, 7) is 13.0. The first-order valence-corrected chi connectivity index (χ1v) is 5.55. The summed E-state index contributed by atoms with van der Waals surface area (Å²) in [6.07, 6.45) is 0. The standard InChI is InChI=1S/C7H15Si/c1-6(2)7(3)8(4)5/h6H,3H2,1-2,4-5H3. The fourth-order valence-corrected chi connectivity index (χ4v) is 1.73. The topological polar surface area (TPSA) is 0 Å². The molecule has 0 fully saturated rings. The third kappa shape index (κ3) is 2.31. The molecule has 0 aliphatic heterocycles. The molecule has 0 aliphatic carbocycles. The minimum absolute atomic E-state index is 0.206. The zero-order valence-electron chi connectivity index (χ0n) is 6.28. The molecule has 1 heteroatoms. The van der Waals surface area contributed by atoms with Crippen LogP contribution < -0.4 is 0 Å². The van der Waals surface area contributed by atoms with E-state index >= 15 is 0 Å². The van der Waals surface area contributed by atoms with Gasteiger partial charge in [0.15, 0.2) is 0 Å². The van der Waals surface area contributed by atoms with Gasteiger partial charge in [0.1, 0.15) is 0 Å². The molecule has 0 atom stereocenters. The fourth-order valence-electron chi connectivity index (χ4n) is 0.577. The molecular weight excluding hydrogens is 112 g/mol. The Bertz CT molecular complexity index is 72.4. The average molecular weight is 127 g/mol. The molecule has 8 heavy (non-hydrogen) atoms. The van der Waals surface area contributed by atoms with Crippen molar-refractivity contribution in [2.24, 2.45) is 5.92 Å². The van der Waals surface area contributed by atoms with Gasteiger partial charge in [-0.1, -0.05) is 32.1 Å². The van der Waals surface area contributed by atoms with Gasteiger partial charge in [-0.25, -0.2) is 0 Å². The summed E-state index contributed by atoms with van der Waals surface area (Å²) in [5, 5.41) is 1.45. The van der Waals surface area contributed by atoms with Crippen molar-refractivity contribution >= 4 is 8.80 Å². The molecule has 0 nitrogen and oxygen atoms in total. The van der Waals surface area contributed by atoms with Gasteiger partial charge >= 0.3 is 0 Å². The van der Waals surface area contributed by atoms with Crippen LogP contribution in [0, 0.1) is 5.92 Å². The lowest BCUT2D eigenvalue weighted by Gasteiger charge is -2.10. The van der Waals surface area contributed by atoms with E-state index in [1.54, 1.807) is 0 Å². The van der Waals surface area contributed by atoms with Gasteiger partial charge in [0.2, 0.25) is 0 Å². The molecular formula is C7H15Si. The Labute approximate surface area is 54.2 Å². The van der Waals surface area contributed by atoms with Crippen molar-refractivity contribution in [1.82, 2.24) is 0 Å². The number of hydrogen-bond acceptors (Lipinski definition) is 0. The summed E-state index contributed by atoms with van der Waals surface area (Å²) in [4.78, 5) is 0. The van der Waals surface area contributed by atoms with E-state index in [2.05, 4.69) is 33.5 Å². The maximum absolute atomic E-state index is 4.00. The van der Waals surface area contributed by atoms with Crippen molar-refractivity contribution in [2.45, 2.75) is 26.9 Å². The average Bonchev–Trinajstić information content (AvgIpc) is 1.64. The first kappa shape index (κ1) is 7.96. The van der Waals surface area contributed by atoms with E-state index in [9.17, 15) is 0 Å². The SMILES string of the molecule is C=C(C(C)C)[Si](C)C. The highest BCUT2D eigenvalue weighted by atomic mass is 28.3. The summed E-state index contributed by atoms with van der Waals surface area (Å²) in [5.41, 5.74) is 0. The van der Waals surface area contributed by atoms with Gasteiger partial charge in [0.25, 0.3) is 0 Å². The Hall–Kier alpha value is -0.0431. The maximum atomic E-state index is 4.00. The summed E-state index contributed by atoms with van der Waals surface area (Å²) >= 11 is 0. The predicted molar refractivity (Wildman–Crippen MR) is 41.5 cm³/mol.